The largest absolute Gasteiger partial charge is 0.109 e. The predicted molar refractivity (Wildman–Crippen MR) is 82.2 cm³/mol. The Morgan fingerprint density at radius 1 is 1.30 bits per heavy atom. The maximum atomic E-state index is 5.08. The Hall–Kier alpha value is 3.96. The van der Waals surface area contributed by atoms with Gasteiger partial charge in [-0.05, 0) is 14.0 Å². The highest BCUT2D eigenvalue weighted by atomic mass is 33.2. The Morgan fingerprint density at radius 3 is 1.90 bits per heavy atom. The van der Waals surface area contributed by atoms with Gasteiger partial charge in [0.05, 0.1) is 0 Å². The van der Waals surface area contributed by atoms with Crippen molar-refractivity contribution in [3.8, 4) is 0 Å². The lowest BCUT2D eigenvalue weighted by Crippen LogP contribution is -1.33. The quantitative estimate of drug-likeness (QED) is 0.630. The second-order valence-corrected chi connectivity index (χ2v) is 32.5. The molecule has 0 radical (unpaired) electrons. The summed E-state index contributed by atoms with van der Waals surface area (Å²) in [5.74, 6) is 0. The molecule has 0 amide bonds. The Balaban J connectivity index is 3.92. The van der Waals surface area contributed by atoms with Crippen LogP contribution in [0.1, 0.15) is 0 Å². The average Bonchev–Trinajstić information content (AvgIpc) is 1.88. The highest BCUT2D eigenvalue weighted by Crippen LogP contribution is 3.04. The van der Waals surface area contributed by atoms with E-state index in [9.17, 15) is 0 Å². The van der Waals surface area contributed by atoms with Gasteiger partial charge < -0.3 is 0 Å². The van der Waals surface area contributed by atoms with Crippen molar-refractivity contribution in [1.82, 2.24) is 0 Å². The molecule has 0 N–H and O–H groups in total. The zero-order chi connectivity index (χ0) is 8.15. The highest BCUT2D eigenvalue weighted by molar-refractivity contribution is 9.11. The van der Waals surface area contributed by atoms with Crippen LogP contribution < -0.4 is 0 Å². The molecule has 0 spiro atoms. The van der Waals surface area contributed by atoms with Crippen LogP contribution in [0.15, 0.2) is 0 Å². The van der Waals surface area contributed by atoms with Crippen molar-refractivity contribution < 1.29 is 0 Å². The summed E-state index contributed by atoms with van der Waals surface area (Å²) in [7, 11) is 13.8. The van der Waals surface area contributed by atoms with Crippen LogP contribution in [0.4, 0.5) is 0 Å². The summed E-state index contributed by atoms with van der Waals surface area (Å²) in [5, 5.41) is 0. The first-order chi connectivity index (χ1) is 4.63. The topological polar surface area (TPSA) is 0 Å². The number of hydrogen-bond acceptors (Lipinski definition) is 1. The second-order valence-electron chi connectivity index (χ2n) is 1.20. The van der Waals surface area contributed by atoms with Crippen molar-refractivity contribution in [2.24, 2.45) is 0 Å². The molecule has 60 valence electrons. The molecule has 0 fully saturated rings. The monoisotopic (exact) mass is 320 g/mol. The van der Waals surface area contributed by atoms with E-state index >= 15 is 0 Å². The third-order valence-corrected chi connectivity index (χ3v) is 49.0. The zero-order valence-corrected chi connectivity index (χ0v) is 15.0. The van der Waals surface area contributed by atoms with Crippen LogP contribution in [0.25, 0.3) is 0 Å². The minimum absolute atomic E-state index is 0.0740. The number of rotatable bonds is 4. The van der Waals surface area contributed by atoms with E-state index in [-0.39, 0.29) is 21.0 Å². The average molecular weight is 320 g/mol. The molecule has 10 heteroatoms. The van der Waals surface area contributed by atoms with Gasteiger partial charge in [0.1, 0.15) is 0 Å². The normalized spacial score (nSPS) is 18.9. The van der Waals surface area contributed by atoms with Gasteiger partial charge in [-0.25, -0.2) is 0 Å². The molecule has 0 aromatic rings. The van der Waals surface area contributed by atoms with Gasteiger partial charge in [-0.2, -0.15) is 0 Å². The predicted octanol–water partition coefficient (Wildman–Crippen LogP) is 5.34. The third kappa shape index (κ3) is 5.64. The SMILES string of the molecule is PPP(P)P(P=S)P(P)P. The summed E-state index contributed by atoms with van der Waals surface area (Å²) in [5.41, 5.74) is 0. The lowest BCUT2D eigenvalue weighted by atomic mass is 28.8. The molecule has 0 rings (SSSR count). The summed E-state index contributed by atoms with van der Waals surface area (Å²) in [4.78, 5) is 0. The molecule has 7 atom stereocenters. The summed E-state index contributed by atoms with van der Waals surface area (Å²) in [6.45, 7) is 0.354. The Labute approximate surface area is 83.2 Å². The van der Waals surface area contributed by atoms with E-state index in [0.717, 1.165) is 7.96 Å². The Bertz CT molecular complexity index is 96.9. The van der Waals surface area contributed by atoms with E-state index in [0.29, 0.717) is 0 Å². The lowest BCUT2D eigenvalue weighted by Gasteiger charge is -2.20. The van der Waals surface area contributed by atoms with Gasteiger partial charge in [0.25, 0.3) is 0 Å². The first-order valence-electron chi connectivity index (χ1n) is 2.07. The standard InChI is InChI=1S/H9P9S/c1-5-8(4)9(6-10)7(2)3/h5H,1-4H2. The van der Waals surface area contributed by atoms with Crippen LogP contribution in [0, 0.1) is 0 Å². The van der Waals surface area contributed by atoms with Crippen LogP contribution in [0.3, 0.4) is 0 Å². The van der Waals surface area contributed by atoms with Crippen molar-refractivity contribution >= 4 is 83.5 Å². The maximum Gasteiger partial charge on any atom is 0.0248 e. The maximum absolute atomic E-state index is 5.08. The van der Waals surface area contributed by atoms with E-state index in [1.165, 1.54) is 7.04 Å². The fourth-order valence-corrected chi connectivity index (χ4v) is 59.4. The molecule has 0 aromatic carbocycles. The van der Waals surface area contributed by atoms with Gasteiger partial charge in [-0.15, -0.1) is 35.7 Å². The molecule has 7 unspecified atom stereocenters. The minimum Gasteiger partial charge on any atom is -0.109 e. The first-order valence-corrected chi connectivity index (χ1v) is 18.6. The third-order valence-electron chi connectivity index (χ3n) is 0.605. The summed E-state index contributed by atoms with van der Waals surface area (Å²) in [6.07, 6.45) is 0. The van der Waals surface area contributed by atoms with E-state index in [1.54, 1.807) is 0 Å². The highest BCUT2D eigenvalue weighted by Gasteiger charge is 2.16. The molecule has 0 nitrogen and oxygen atoms in total. The molecular weight excluding hydrogens is 311 g/mol. The van der Waals surface area contributed by atoms with Crippen molar-refractivity contribution in [2.75, 3.05) is 0 Å². The summed E-state index contributed by atoms with van der Waals surface area (Å²) in [6, 6.07) is 0. The molecular formula is H9P9S. The van der Waals surface area contributed by atoms with Crippen LogP contribution in [-0.4, -0.2) is 0 Å². The fraction of sp³-hybridized carbons (Fsp3) is 0. The van der Waals surface area contributed by atoms with E-state index in [4.69, 9.17) is 11.8 Å². The lowest BCUT2D eigenvalue weighted by molar-refractivity contribution is 4.74. The summed E-state index contributed by atoms with van der Waals surface area (Å²) >= 11 is 5.08. The van der Waals surface area contributed by atoms with Crippen LogP contribution in [-0.2, 0) is 11.8 Å². The Morgan fingerprint density at radius 2 is 1.80 bits per heavy atom. The molecule has 0 heterocycles. The van der Waals surface area contributed by atoms with Crippen LogP contribution >= 0.6 is 71.7 Å². The minimum atomic E-state index is 0.0740. The van der Waals surface area contributed by atoms with Crippen molar-refractivity contribution in [1.29, 1.82) is 0 Å². The fourth-order valence-electron chi connectivity index (χ4n) is 0.244. The van der Waals surface area contributed by atoms with Gasteiger partial charge in [-0.3, -0.25) is 0 Å². The molecule has 0 aliphatic heterocycles. The van der Waals surface area contributed by atoms with Gasteiger partial charge in [0, 0.05) is 14.0 Å². The Kier molecular flexibility index (Phi) is 11.6. The van der Waals surface area contributed by atoms with Crippen molar-refractivity contribution in [3.05, 3.63) is 0 Å². The molecule has 0 saturated heterocycles. The van der Waals surface area contributed by atoms with Gasteiger partial charge in [0.15, 0.2) is 0 Å². The van der Waals surface area contributed by atoms with E-state index in [2.05, 4.69) is 35.7 Å². The molecule has 0 aliphatic carbocycles. The molecule has 0 bridgehead atoms. The van der Waals surface area contributed by atoms with Crippen LogP contribution in [0.2, 0.25) is 0 Å². The first kappa shape index (κ1) is 14.0. The van der Waals surface area contributed by atoms with Crippen molar-refractivity contribution in [2.45, 2.75) is 0 Å². The van der Waals surface area contributed by atoms with Crippen LogP contribution in [0.5, 0.6) is 0 Å². The summed E-state index contributed by atoms with van der Waals surface area (Å²) < 4.78 is 0. The second kappa shape index (κ2) is 8.28. The molecule has 10 heavy (non-hydrogen) atoms. The molecule has 0 saturated carbocycles. The zero-order valence-electron chi connectivity index (χ0n) is 5.01. The van der Waals surface area contributed by atoms with E-state index in [1.807, 2.05) is 0 Å². The smallest absolute Gasteiger partial charge is 0.0248 e. The molecule has 0 aliphatic rings. The van der Waals surface area contributed by atoms with E-state index < -0.39 is 0 Å². The molecule has 0 aromatic heterocycles. The van der Waals surface area contributed by atoms with Crippen molar-refractivity contribution in [3.63, 3.8) is 0 Å². The van der Waals surface area contributed by atoms with Gasteiger partial charge in [0.2, 0.25) is 0 Å². The van der Waals surface area contributed by atoms with Gasteiger partial charge >= 0.3 is 0 Å². The number of hydrogen-bond donors (Lipinski definition) is 0. The van der Waals surface area contributed by atoms with Gasteiger partial charge in [-0.1, -0.05) is 19.8 Å².